The molecule has 0 aliphatic heterocycles. The smallest absolute Gasteiger partial charge is 0.00960 e. The summed E-state index contributed by atoms with van der Waals surface area (Å²) in [7, 11) is 0. The SMILES string of the molecule is CC(C)=C1c2cc(C)c(C)cc2-c2cc(C)c(C)cc21. The molecule has 0 spiro atoms. The van der Waals surface area contributed by atoms with E-state index in [9.17, 15) is 0 Å². The summed E-state index contributed by atoms with van der Waals surface area (Å²) in [6, 6.07) is 9.43. The molecule has 2 aromatic carbocycles. The highest BCUT2D eigenvalue weighted by atomic mass is 14.3. The summed E-state index contributed by atoms with van der Waals surface area (Å²) in [5.41, 5.74) is 14.0. The van der Waals surface area contributed by atoms with Gasteiger partial charge in [0.25, 0.3) is 0 Å². The number of rotatable bonds is 0. The van der Waals surface area contributed by atoms with E-state index < -0.39 is 0 Å². The average molecular weight is 262 g/mol. The Balaban J connectivity index is 2.44. The minimum atomic E-state index is 1.38. The Morgan fingerprint density at radius 2 is 0.850 bits per heavy atom. The van der Waals surface area contributed by atoms with Crippen LogP contribution in [0.2, 0.25) is 0 Å². The van der Waals surface area contributed by atoms with Gasteiger partial charge in [-0.3, -0.25) is 0 Å². The molecule has 1 aliphatic rings. The van der Waals surface area contributed by atoms with E-state index in [1.165, 1.54) is 55.7 Å². The Hall–Kier alpha value is -1.82. The van der Waals surface area contributed by atoms with E-state index in [1.807, 2.05) is 0 Å². The van der Waals surface area contributed by atoms with Crippen LogP contribution in [0.3, 0.4) is 0 Å². The van der Waals surface area contributed by atoms with Crippen molar-refractivity contribution in [1.29, 1.82) is 0 Å². The van der Waals surface area contributed by atoms with Gasteiger partial charge >= 0.3 is 0 Å². The minimum Gasteiger partial charge on any atom is -0.0679 e. The van der Waals surface area contributed by atoms with Crippen molar-refractivity contribution in [1.82, 2.24) is 0 Å². The lowest BCUT2D eigenvalue weighted by Crippen LogP contribution is -1.88. The molecule has 1 aliphatic carbocycles. The van der Waals surface area contributed by atoms with Crippen LogP contribution < -0.4 is 0 Å². The highest BCUT2D eigenvalue weighted by Gasteiger charge is 2.25. The molecule has 0 saturated heterocycles. The zero-order chi connectivity index (χ0) is 14.6. The van der Waals surface area contributed by atoms with E-state index in [2.05, 4.69) is 65.8 Å². The standard InChI is InChI=1S/C20H22/c1-11(2)20-18-9-14(5)12(3)7-16(18)17-8-13(4)15(6)10-19(17)20/h7-10H,1-6H3. The molecule has 0 radical (unpaired) electrons. The summed E-state index contributed by atoms with van der Waals surface area (Å²) in [5.74, 6) is 0. The number of hydrogen-bond acceptors (Lipinski definition) is 0. The second-order valence-electron chi connectivity index (χ2n) is 6.34. The van der Waals surface area contributed by atoms with Gasteiger partial charge < -0.3 is 0 Å². The third-order valence-electron chi connectivity index (χ3n) is 4.60. The zero-order valence-corrected chi connectivity index (χ0v) is 13.3. The minimum absolute atomic E-state index is 1.38. The number of hydrogen-bond donors (Lipinski definition) is 0. The maximum absolute atomic E-state index is 2.36. The molecule has 0 heteroatoms. The van der Waals surface area contributed by atoms with E-state index in [4.69, 9.17) is 0 Å². The first-order chi connectivity index (χ1) is 9.40. The van der Waals surface area contributed by atoms with Gasteiger partial charge in [0.15, 0.2) is 0 Å². The molecule has 0 amide bonds. The summed E-state index contributed by atoms with van der Waals surface area (Å²) >= 11 is 0. The highest BCUT2D eigenvalue weighted by Crippen LogP contribution is 2.47. The largest absolute Gasteiger partial charge is 0.0679 e. The second kappa shape index (κ2) is 4.34. The molecule has 20 heavy (non-hydrogen) atoms. The predicted octanol–water partition coefficient (Wildman–Crippen LogP) is 5.74. The Morgan fingerprint density at radius 3 is 1.15 bits per heavy atom. The van der Waals surface area contributed by atoms with Crippen LogP contribution in [-0.2, 0) is 0 Å². The van der Waals surface area contributed by atoms with Gasteiger partial charge in [-0.2, -0.15) is 0 Å². The molecule has 0 fully saturated rings. The number of allylic oxidation sites excluding steroid dienone is 1. The summed E-state index contributed by atoms with van der Waals surface area (Å²) in [4.78, 5) is 0. The lowest BCUT2D eigenvalue weighted by molar-refractivity contribution is 1.33. The Morgan fingerprint density at radius 1 is 0.550 bits per heavy atom. The van der Waals surface area contributed by atoms with Crippen molar-refractivity contribution in [2.75, 3.05) is 0 Å². The number of aryl methyl sites for hydroxylation is 4. The van der Waals surface area contributed by atoms with E-state index in [0.29, 0.717) is 0 Å². The van der Waals surface area contributed by atoms with Crippen molar-refractivity contribution in [2.24, 2.45) is 0 Å². The van der Waals surface area contributed by atoms with Gasteiger partial charge in [-0.1, -0.05) is 29.8 Å². The third-order valence-corrected chi connectivity index (χ3v) is 4.60. The molecular weight excluding hydrogens is 240 g/mol. The first-order valence-corrected chi connectivity index (χ1v) is 7.31. The van der Waals surface area contributed by atoms with Crippen molar-refractivity contribution in [3.63, 3.8) is 0 Å². The second-order valence-corrected chi connectivity index (χ2v) is 6.34. The van der Waals surface area contributed by atoms with Crippen molar-refractivity contribution in [3.05, 3.63) is 63.2 Å². The van der Waals surface area contributed by atoms with Crippen LogP contribution in [-0.4, -0.2) is 0 Å². The normalized spacial score (nSPS) is 12.4. The molecule has 0 saturated carbocycles. The number of fused-ring (bicyclic) bond motifs is 3. The van der Waals surface area contributed by atoms with E-state index in [-0.39, 0.29) is 0 Å². The Kier molecular flexibility index (Phi) is 2.86. The first kappa shape index (κ1) is 13.2. The van der Waals surface area contributed by atoms with Crippen LogP contribution in [0.5, 0.6) is 0 Å². The van der Waals surface area contributed by atoms with E-state index in [0.717, 1.165) is 0 Å². The Labute approximate surface area is 122 Å². The highest BCUT2D eigenvalue weighted by molar-refractivity contribution is 6.02. The molecule has 3 rings (SSSR count). The monoisotopic (exact) mass is 262 g/mol. The van der Waals surface area contributed by atoms with Gasteiger partial charge in [-0.15, -0.1) is 0 Å². The zero-order valence-electron chi connectivity index (χ0n) is 13.3. The molecule has 2 aromatic rings. The van der Waals surface area contributed by atoms with Gasteiger partial charge in [0.05, 0.1) is 0 Å². The van der Waals surface area contributed by atoms with Gasteiger partial charge in [0.2, 0.25) is 0 Å². The molecular formula is C20H22. The molecule has 0 bridgehead atoms. The summed E-state index contributed by atoms with van der Waals surface area (Å²) in [5, 5.41) is 0. The lowest BCUT2D eigenvalue weighted by atomic mass is 9.96. The lowest BCUT2D eigenvalue weighted by Gasteiger charge is -2.08. The molecule has 0 aromatic heterocycles. The summed E-state index contributed by atoms with van der Waals surface area (Å²) < 4.78 is 0. The van der Waals surface area contributed by atoms with Crippen molar-refractivity contribution in [3.8, 4) is 11.1 Å². The summed E-state index contributed by atoms with van der Waals surface area (Å²) in [6.07, 6.45) is 0. The van der Waals surface area contributed by atoms with E-state index >= 15 is 0 Å². The van der Waals surface area contributed by atoms with Crippen LogP contribution in [0.15, 0.2) is 29.8 Å². The van der Waals surface area contributed by atoms with E-state index in [1.54, 1.807) is 0 Å². The maximum Gasteiger partial charge on any atom is -0.00960 e. The first-order valence-electron chi connectivity index (χ1n) is 7.31. The van der Waals surface area contributed by atoms with Crippen LogP contribution >= 0.6 is 0 Å². The topological polar surface area (TPSA) is 0 Å². The van der Waals surface area contributed by atoms with Crippen LogP contribution in [0, 0.1) is 27.7 Å². The van der Waals surface area contributed by atoms with Crippen molar-refractivity contribution >= 4 is 5.57 Å². The van der Waals surface area contributed by atoms with Crippen molar-refractivity contribution in [2.45, 2.75) is 41.5 Å². The van der Waals surface area contributed by atoms with Crippen LogP contribution in [0.25, 0.3) is 16.7 Å². The third kappa shape index (κ3) is 1.75. The molecule has 0 N–H and O–H groups in total. The maximum atomic E-state index is 2.36. The van der Waals surface area contributed by atoms with Crippen LogP contribution in [0.1, 0.15) is 47.2 Å². The molecule has 0 nitrogen and oxygen atoms in total. The molecule has 0 unspecified atom stereocenters. The fourth-order valence-electron chi connectivity index (χ4n) is 3.18. The van der Waals surface area contributed by atoms with Gasteiger partial charge in [-0.25, -0.2) is 0 Å². The molecule has 0 heterocycles. The predicted molar refractivity (Wildman–Crippen MR) is 88.2 cm³/mol. The van der Waals surface area contributed by atoms with Crippen LogP contribution in [0.4, 0.5) is 0 Å². The number of benzene rings is 2. The Bertz CT molecular complexity index is 695. The van der Waals surface area contributed by atoms with Gasteiger partial charge in [-0.05, 0) is 91.6 Å². The average Bonchev–Trinajstić information content (AvgIpc) is 2.64. The van der Waals surface area contributed by atoms with Gasteiger partial charge in [0, 0.05) is 0 Å². The molecule has 102 valence electrons. The fraction of sp³-hybridized carbons (Fsp3) is 0.300. The quantitative estimate of drug-likeness (QED) is 0.484. The fourth-order valence-corrected chi connectivity index (χ4v) is 3.18. The van der Waals surface area contributed by atoms with Gasteiger partial charge in [0.1, 0.15) is 0 Å². The summed E-state index contributed by atoms with van der Waals surface area (Å²) in [6.45, 7) is 13.3. The molecule has 0 atom stereocenters. The van der Waals surface area contributed by atoms with Crippen molar-refractivity contribution < 1.29 is 0 Å².